The van der Waals surface area contributed by atoms with E-state index in [2.05, 4.69) is 28.0 Å². The zero-order chi connectivity index (χ0) is 13.9. The summed E-state index contributed by atoms with van der Waals surface area (Å²) in [4.78, 5) is 10.1. The van der Waals surface area contributed by atoms with Crippen molar-refractivity contribution < 1.29 is 9.47 Å². The van der Waals surface area contributed by atoms with Crippen molar-refractivity contribution in [3.05, 3.63) is 43.3 Å². The van der Waals surface area contributed by atoms with Gasteiger partial charge in [-0.1, -0.05) is 12.2 Å². The minimum atomic E-state index is 0.279. The molecule has 1 aliphatic rings. The van der Waals surface area contributed by atoms with E-state index < -0.39 is 0 Å². The van der Waals surface area contributed by atoms with Crippen molar-refractivity contribution in [3.63, 3.8) is 0 Å². The predicted octanol–water partition coefficient (Wildman–Crippen LogP) is 2.47. The Bertz CT molecular complexity index is 597. The lowest BCUT2D eigenvalue weighted by Gasteiger charge is -2.16. The maximum absolute atomic E-state index is 5.37. The van der Waals surface area contributed by atoms with Gasteiger partial charge in [0.15, 0.2) is 11.5 Å². The van der Waals surface area contributed by atoms with Gasteiger partial charge in [-0.15, -0.1) is 13.2 Å². The van der Waals surface area contributed by atoms with Crippen LogP contribution in [-0.2, 0) is 6.54 Å². The molecule has 0 amide bonds. The Labute approximate surface area is 117 Å². The van der Waals surface area contributed by atoms with Gasteiger partial charge in [0.05, 0.1) is 17.6 Å². The van der Waals surface area contributed by atoms with Gasteiger partial charge in [-0.25, -0.2) is 4.98 Å². The van der Waals surface area contributed by atoms with Gasteiger partial charge in [0.2, 0.25) is 6.79 Å². The lowest BCUT2D eigenvalue weighted by atomic mass is 10.3. The molecular weight excluding hydrogens is 254 g/mol. The highest BCUT2D eigenvalue weighted by Gasteiger charge is 2.16. The molecule has 20 heavy (non-hydrogen) atoms. The molecule has 2 heterocycles. The van der Waals surface area contributed by atoms with Gasteiger partial charge in [0, 0.05) is 25.2 Å². The molecule has 2 aromatic rings. The van der Waals surface area contributed by atoms with Crippen LogP contribution in [0.4, 0.5) is 0 Å². The summed E-state index contributed by atoms with van der Waals surface area (Å²) in [7, 11) is 0. The molecule has 1 N–H and O–H groups in total. The van der Waals surface area contributed by atoms with E-state index in [0.717, 1.165) is 48.0 Å². The summed E-state index contributed by atoms with van der Waals surface area (Å²) in [5.41, 5.74) is 1.85. The van der Waals surface area contributed by atoms with Crippen molar-refractivity contribution in [2.24, 2.45) is 0 Å². The third kappa shape index (κ3) is 2.40. The van der Waals surface area contributed by atoms with Crippen molar-refractivity contribution in [2.75, 3.05) is 19.9 Å². The summed E-state index contributed by atoms with van der Waals surface area (Å²) >= 11 is 0. The molecule has 3 rings (SSSR count). The number of hydrogen-bond donors (Lipinski definition) is 1. The van der Waals surface area contributed by atoms with E-state index in [0.29, 0.717) is 0 Å². The minimum Gasteiger partial charge on any atom is -0.454 e. The zero-order valence-corrected chi connectivity index (χ0v) is 11.3. The number of nitrogens with one attached hydrogen (secondary N) is 1. The number of imidazole rings is 1. The van der Waals surface area contributed by atoms with Crippen LogP contribution in [0, 0.1) is 0 Å². The molecular formula is C15H17N3O2. The number of aromatic amines is 1. The van der Waals surface area contributed by atoms with Crippen molar-refractivity contribution in [3.8, 4) is 11.5 Å². The van der Waals surface area contributed by atoms with Crippen molar-refractivity contribution in [1.82, 2.24) is 14.9 Å². The molecule has 0 fully saturated rings. The van der Waals surface area contributed by atoms with Crippen molar-refractivity contribution in [2.45, 2.75) is 6.54 Å². The summed E-state index contributed by atoms with van der Waals surface area (Å²) in [6, 6.07) is 3.84. The Balaban J connectivity index is 1.85. The molecule has 0 bridgehead atoms. The maximum Gasteiger partial charge on any atom is 0.231 e. The van der Waals surface area contributed by atoms with Crippen molar-refractivity contribution in [1.29, 1.82) is 0 Å². The van der Waals surface area contributed by atoms with E-state index in [-0.39, 0.29) is 6.79 Å². The van der Waals surface area contributed by atoms with Crippen LogP contribution in [0.25, 0.3) is 11.0 Å². The molecule has 0 saturated carbocycles. The van der Waals surface area contributed by atoms with Crippen LogP contribution in [-0.4, -0.2) is 34.8 Å². The Morgan fingerprint density at radius 1 is 1.20 bits per heavy atom. The number of benzene rings is 1. The lowest BCUT2D eigenvalue weighted by molar-refractivity contribution is 0.174. The summed E-state index contributed by atoms with van der Waals surface area (Å²) in [5.74, 6) is 2.43. The van der Waals surface area contributed by atoms with E-state index >= 15 is 0 Å². The predicted molar refractivity (Wildman–Crippen MR) is 77.9 cm³/mol. The molecule has 0 saturated heterocycles. The molecule has 104 valence electrons. The Hall–Kier alpha value is -2.27. The fourth-order valence-electron chi connectivity index (χ4n) is 2.31. The van der Waals surface area contributed by atoms with Gasteiger partial charge in [-0.05, 0) is 0 Å². The highest BCUT2D eigenvalue weighted by atomic mass is 16.7. The molecule has 5 nitrogen and oxygen atoms in total. The molecule has 0 radical (unpaired) electrons. The Morgan fingerprint density at radius 2 is 1.90 bits per heavy atom. The van der Waals surface area contributed by atoms with Gasteiger partial charge in [0.1, 0.15) is 5.82 Å². The van der Waals surface area contributed by atoms with Crippen LogP contribution < -0.4 is 9.47 Å². The minimum absolute atomic E-state index is 0.279. The summed E-state index contributed by atoms with van der Waals surface area (Å²) in [5, 5.41) is 0. The number of H-pyrrole nitrogens is 1. The smallest absolute Gasteiger partial charge is 0.231 e. The molecule has 5 heteroatoms. The Morgan fingerprint density at radius 3 is 2.60 bits per heavy atom. The summed E-state index contributed by atoms with van der Waals surface area (Å²) in [6.07, 6.45) is 3.75. The first-order chi connectivity index (χ1) is 9.80. The fourth-order valence-corrected chi connectivity index (χ4v) is 2.31. The topological polar surface area (TPSA) is 50.4 Å². The van der Waals surface area contributed by atoms with E-state index in [1.54, 1.807) is 0 Å². The monoisotopic (exact) mass is 271 g/mol. The number of aromatic nitrogens is 2. The van der Waals surface area contributed by atoms with Gasteiger partial charge in [-0.3, -0.25) is 4.90 Å². The molecule has 1 aliphatic heterocycles. The quantitative estimate of drug-likeness (QED) is 0.820. The van der Waals surface area contributed by atoms with Crippen LogP contribution in [0.3, 0.4) is 0 Å². The van der Waals surface area contributed by atoms with Gasteiger partial charge < -0.3 is 14.5 Å². The van der Waals surface area contributed by atoms with Gasteiger partial charge in [0.25, 0.3) is 0 Å². The second-order valence-electron chi connectivity index (χ2n) is 4.68. The highest BCUT2D eigenvalue weighted by molar-refractivity contribution is 5.80. The van der Waals surface area contributed by atoms with E-state index in [9.17, 15) is 0 Å². The first-order valence-electron chi connectivity index (χ1n) is 6.52. The molecule has 1 aromatic heterocycles. The normalized spacial score (nSPS) is 13.1. The average molecular weight is 271 g/mol. The number of hydrogen-bond acceptors (Lipinski definition) is 4. The highest BCUT2D eigenvalue weighted by Crippen LogP contribution is 2.35. The molecule has 0 spiro atoms. The maximum atomic E-state index is 5.37. The molecule has 0 unspecified atom stereocenters. The van der Waals surface area contributed by atoms with Crippen LogP contribution in [0.1, 0.15) is 5.82 Å². The van der Waals surface area contributed by atoms with Crippen LogP contribution in [0.2, 0.25) is 0 Å². The lowest BCUT2D eigenvalue weighted by Crippen LogP contribution is -2.23. The second-order valence-corrected chi connectivity index (χ2v) is 4.68. The first-order valence-corrected chi connectivity index (χ1v) is 6.52. The van der Waals surface area contributed by atoms with E-state index in [1.807, 2.05) is 24.3 Å². The largest absolute Gasteiger partial charge is 0.454 e. The second kappa shape index (κ2) is 5.38. The van der Waals surface area contributed by atoms with Crippen LogP contribution in [0.15, 0.2) is 37.4 Å². The molecule has 0 atom stereocenters. The number of nitrogens with zero attached hydrogens (tertiary/aromatic N) is 2. The van der Waals surface area contributed by atoms with E-state index in [1.165, 1.54) is 0 Å². The average Bonchev–Trinajstić information content (AvgIpc) is 3.01. The summed E-state index contributed by atoms with van der Waals surface area (Å²) < 4.78 is 10.7. The summed E-state index contributed by atoms with van der Waals surface area (Å²) in [6.45, 7) is 10.1. The standard InChI is InChI=1S/C15H17N3O2/c1-3-5-18(6-4-2)9-15-16-11-7-13-14(20-10-19-13)8-12(11)17-15/h3-4,7-8H,1-2,5-6,9-10H2,(H,16,17). The van der Waals surface area contributed by atoms with Gasteiger partial charge >= 0.3 is 0 Å². The van der Waals surface area contributed by atoms with Crippen molar-refractivity contribution >= 4 is 11.0 Å². The number of fused-ring (bicyclic) bond motifs is 2. The Kier molecular flexibility index (Phi) is 3.43. The third-order valence-corrected chi connectivity index (χ3v) is 3.17. The zero-order valence-electron chi connectivity index (χ0n) is 11.3. The number of rotatable bonds is 6. The van der Waals surface area contributed by atoms with Crippen LogP contribution in [0.5, 0.6) is 11.5 Å². The SMILES string of the molecule is C=CCN(CC=C)Cc1nc2cc3c(cc2[nH]1)OCO3. The van der Waals surface area contributed by atoms with E-state index in [4.69, 9.17) is 9.47 Å². The first kappa shape index (κ1) is 12.7. The van der Waals surface area contributed by atoms with Crippen LogP contribution >= 0.6 is 0 Å². The molecule has 1 aromatic carbocycles. The van der Waals surface area contributed by atoms with Gasteiger partial charge in [-0.2, -0.15) is 0 Å². The number of ether oxygens (including phenoxy) is 2. The third-order valence-electron chi connectivity index (χ3n) is 3.17. The molecule has 0 aliphatic carbocycles. The fraction of sp³-hybridized carbons (Fsp3) is 0.267.